The lowest BCUT2D eigenvalue weighted by atomic mass is 10.1. The van der Waals surface area contributed by atoms with Gasteiger partial charge in [-0.2, -0.15) is 0 Å². The Bertz CT molecular complexity index is 445. The molecule has 1 aliphatic rings. The van der Waals surface area contributed by atoms with Crippen molar-refractivity contribution in [2.45, 2.75) is 39.0 Å². The highest BCUT2D eigenvalue weighted by Gasteiger charge is 2.13. The SMILES string of the molecule is CCCCCCNC(=O)c1ccc2c(c1)OCCCO2. The molecule has 0 saturated carbocycles. The van der Waals surface area contributed by atoms with E-state index in [-0.39, 0.29) is 5.91 Å². The standard InChI is InChI=1S/C16H23NO3/c1-2-3-4-5-9-17-16(18)13-7-8-14-15(12-13)20-11-6-10-19-14/h7-8,12H,2-6,9-11H2,1H3,(H,17,18). The fourth-order valence-electron chi connectivity index (χ4n) is 2.16. The van der Waals surface area contributed by atoms with Crippen LogP contribution >= 0.6 is 0 Å². The van der Waals surface area contributed by atoms with Crippen molar-refractivity contribution < 1.29 is 14.3 Å². The maximum absolute atomic E-state index is 12.0. The molecule has 1 N–H and O–H groups in total. The second-order valence-electron chi connectivity index (χ2n) is 5.03. The molecule has 0 saturated heterocycles. The van der Waals surface area contributed by atoms with Gasteiger partial charge in [-0.15, -0.1) is 0 Å². The minimum absolute atomic E-state index is 0.0443. The predicted molar refractivity (Wildman–Crippen MR) is 78.5 cm³/mol. The summed E-state index contributed by atoms with van der Waals surface area (Å²) in [5.74, 6) is 1.35. The molecule has 0 spiro atoms. The Morgan fingerprint density at radius 2 is 1.95 bits per heavy atom. The molecule has 0 fully saturated rings. The Balaban J connectivity index is 1.88. The van der Waals surface area contributed by atoms with Crippen molar-refractivity contribution in [1.82, 2.24) is 5.32 Å². The molecular formula is C16H23NO3. The lowest BCUT2D eigenvalue weighted by Gasteiger charge is -2.09. The highest BCUT2D eigenvalue weighted by atomic mass is 16.5. The van der Waals surface area contributed by atoms with Crippen LogP contribution in [-0.4, -0.2) is 25.7 Å². The van der Waals surface area contributed by atoms with E-state index in [4.69, 9.17) is 9.47 Å². The summed E-state index contributed by atoms with van der Waals surface area (Å²) in [7, 11) is 0. The zero-order valence-electron chi connectivity index (χ0n) is 12.1. The van der Waals surface area contributed by atoms with Crippen LogP contribution in [-0.2, 0) is 0 Å². The van der Waals surface area contributed by atoms with Crippen LogP contribution in [0.1, 0.15) is 49.4 Å². The van der Waals surface area contributed by atoms with Gasteiger partial charge in [-0.3, -0.25) is 4.79 Å². The Morgan fingerprint density at radius 1 is 1.15 bits per heavy atom. The number of fused-ring (bicyclic) bond motifs is 1. The van der Waals surface area contributed by atoms with E-state index >= 15 is 0 Å². The zero-order chi connectivity index (χ0) is 14.2. The maximum Gasteiger partial charge on any atom is 0.251 e. The van der Waals surface area contributed by atoms with Crippen LogP contribution in [0.5, 0.6) is 11.5 Å². The molecule has 1 aliphatic heterocycles. The molecular weight excluding hydrogens is 254 g/mol. The molecule has 4 heteroatoms. The molecule has 0 radical (unpaired) electrons. The molecule has 1 aromatic carbocycles. The van der Waals surface area contributed by atoms with Crippen LogP contribution in [0.2, 0.25) is 0 Å². The Morgan fingerprint density at radius 3 is 2.75 bits per heavy atom. The molecule has 110 valence electrons. The summed E-state index contributed by atoms with van der Waals surface area (Å²) in [6.07, 6.45) is 5.49. The van der Waals surface area contributed by atoms with Crippen molar-refractivity contribution >= 4 is 5.91 Å². The van der Waals surface area contributed by atoms with Gasteiger partial charge in [-0.25, -0.2) is 0 Å². The minimum atomic E-state index is -0.0443. The van der Waals surface area contributed by atoms with Gasteiger partial charge in [0.05, 0.1) is 13.2 Å². The monoisotopic (exact) mass is 277 g/mol. The average molecular weight is 277 g/mol. The van der Waals surface area contributed by atoms with Gasteiger partial charge in [0.15, 0.2) is 11.5 Å². The highest BCUT2D eigenvalue weighted by Crippen LogP contribution is 2.30. The first-order valence-electron chi connectivity index (χ1n) is 7.49. The normalized spacial score (nSPS) is 13.7. The van der Waals surface area contributed by atoms with Gasteiger partial charge in [0.25, 0.3) is 5.91 Å². The summed E-state index contributed by atoms with van der Waals surface area (Å²) in [4.78, 5) is 12.0. The third kappa shape index (κ3) is 4.15. The smallest absolute Gasteiger partial charge is 0.251 e. The summed E-state index contributed by atoms with van der Waals surface area (Å²) in [6.45, 7) is 4.20. The second kappa shape index (κ2) is 7.78. The Labute approximate surface area is 120 Å². The van der Waals surface area contributed by atoms with E-state index in [2.05, 4.69) is 12.2 Å². The van der Waals surface area contributed by atoms with Crippen LogP contribution in [0.25, 0.3) is 0 Å². The Kier molecular flexibility index (Phi) is 5.71. The molecule has 1 heterocycles. The number of benzene rings is 1. The summed E-state index contributed by atoms with van der Waals surface area (Å²) in [5, 5.41) is 2.94. The highest BCUT2D eigenvalue weighted by molar-refractivity contribution is 5.94. The summed E-state index contributed by atoms with van der Waals surface area (Å²) in [6, 6.07) is 5.36. The first-order chi connectivity index (χ1) is 9.81. The first kappa shape index (κ1) is 14.7. The molecule has 1 amide bonds. The van der Waals surface area contributed by atoms with Gasteiger partial charge in [0.2, 0.25) is 0 Å². The zero-order valence-corrected chi connectivity index (χ0v) is 12.1. The average Bonchev–Trinajstić information content (AvgIpc) is 2.71. The molecule has 1 aromatic rings. The quantitative estimate of drug-likeness (QED) is 0.812. The first-order valence-corrected chi connectivity index (χ1v) is 7.49. The number of ether oxygens (including phenoxy) is 2. The van der Waals surface area contributed by atoms with Gasteiger partial charge in [0.1, 0.15) is 0 Å². The lowest BCUT2D eigenvalue weighted by Crippen LogP contribution is -2.24. The topological polar surface area (TPSA) is 47.6 Å². The van der Waals surface area contributed by atoms with Crippen molar-refractivity contribution in [3.63, 3.8) is 0 Å². The molecule has 4 nitrogen and oxygen atoms in total. The fraction of sp³-hybridized carbons (Fsp3) is 0.562. The molecule has 0 aliphatic carbocycles. The van der Waals surface area contributed by atoms with Gasteiger partial charge < -0.3 is 14.8 Å². The van der Waals surface area contributed by atoms with Crippen LogP contribution in [0, 0.1) is 0 Å². The number of hydrogen-bond acceptors (Lipinski definition) is 3. The largest absolute Gasteiger partial charge is 0.490 e. The lowest BCUT2D eigenvalue weighted by molar-refractivity contribution is 0.0952. The second-order valence-corrected chi connectivity index (χ2v) is 5.03. The van der Waals surface area contributed by atoms with E-state index in [1.807, 2.05) is 6.07 Å². The van der Waals surface area contributed by atoms with E-state index in [0.29, 0.717) is 24.5 Å². The van der Waals surface area contributed by atoms with Gasteiger partial charge in [0, 0.05) is 18.5 Å². The molecule has 0 aromatic heterocycles. The number of carbonyl (C=O) groups is 1. The van der Waals surface area contributed by atoms with Crippen LogP contribution in [0.3, 0.4) is 0 Å². The number of carbonyl (C=O) groups excluding carboxylic acids is 1. The predicted octanol–water partition coefficient (Wildman–Crippen LogP) is 3.16. The number of nitrogens with one attached hydrogen (secondary N) is 1. The number of hydrogen-bond donors (Lipinski definition) is 1. The van der Waals surface area contributed by atoms with Gasteiger partial charge >= 0.3 is 0 Å². The van der Waals surface area contributed by atoms with Crippen LogP contribution < -0.4 is 14.8 Å². The van der Waals surface area contributed by atoms with Crippen molar-refractivity contribution in [2.75, 3.05) is 19.8 Å². The van der Waals surface area contributed by atoms with Crippen molar-refractivity contribution in [3.05, 3.63) is 23.8 Å². The molecule has 20 heavy (non-hydrogen) atoms. The number of amides is 1. The number of unbranched alkanes of at least 4 members (excludes halogenated alkanes) is 3. The van der Waals surface area contributed by atoms with E-state index in [0.717, 1.165) is 31.6 Å². The third-order valence-electron chi connectivity index (χ3n) is 3.33. The van der Waals surface area contributed by atoms with E-state index in [9.17, 15) is 4.79 Å². The molecule has 0 atom stereocenters. The van der Waals surface area contributed by atoms with Crippen molar-refractivity contribution in [1.29, 1.82) is 0 Å². The third-order valence-corrected chi connectivity index (χ3v) is 3.33. The molecule has 0 unspecified atom stereocenters. The van der Waals surface area contributed by atoms with E-state index in [1.165, 1.54) is 12.8 Å². The minimum Gasteiger partial charge on any atom is -0.490 e. The molecule has 2 rings (SSSR count). The molecule has 0 bridgehead atoms. The van der Waals surface area contributed by atoms with Crippen molar-refractivity contribution in [2.24, 2.45) is 0 Å². The van der Waals surface area contributed by atoms with Crippen LogP contribution in [0.15, 0.2) is 18.2 Å². The fourth-order valence-corrected chi connectivity index (χ4v) is 2.16. The summed E-state index contributed by atoms with van der Waals surface area (Å²) in [5.41, 5.74) is 0.629. The maximum atomic E-state index is 12.0. The Hall–Kier alpha value is -1.71. The van der Waals surface area contributed by atoms with E-state index in [1.54, 1.807) is 12.1 Å². The summed E-state index contributed by atoms with van der Waals surface area (Å²) >= 11 is 0. The summed E-state index contributed by atoms with van der Waals surface area (Å²) < 4.78 is 11.1. The van der Waals surface area contributed by atoms with Gasteiger partial charge in [-0.1, -0.05) is 26.2 Å². The number of rotatable bonds is 6. The van der Waals surface area contributed by atoms with Crippen LogP contribution in [0.4, 0.5) is 0 Å². The van der Waals surface area contributed by atoms with Crippen molar-refractivity contribution in [3.8, 4) is 11.5 Å². The van der Waals surface area contributed by atoms with E-state index < -0.39 is 0 Å². The van der Waals surface area contributed by atoms with Gasteiger partial charge in [-0.05, 0) is 24.6 Å².